The maximum atomic E-state index is 12.9. The molecule has 1 aliphatic carbocycles. The van der Waals surface area contributed by atoms with Crippen LogP contribution < -0.4 is 10.9 Å². The quantitative estimate of drug-likeness (QED) is 0.823. The number of nitrogens with one attached hydrogen (secondary N) is 2. The van der Waals surface area contributed by atoms with Gasteiger partial charge in [0.1, 0.15) is 5.82 Å². The van der Waals surface area contributed by atoms with Crippen molar-refractivity contribution in [2.24, 2.45) is 5.92 Å². The molecule has 1 aromatic rings. The zero-order chi connectivity index (χ0) is 18.3. The number of carbonyl (C=O) groups is 1. The highest BCUT2D eigenvalue weighted by Crippen LogP contribution is 2.46. The van der Waals surface area contributed by atoms with Gasteiger partial charge in [0.15, 0.2) is 0 Å². The summed E-state index contributed by atoms with van der Waals surface area (Å²) in [7, 11) is 0. The van der Waals surface area contributed by atoms with Crippen LogP contribution in [0, 0.1) is 5.92 Å². The van der Waals surface area contributed by atoms with Crippen LogP contribution in [0.15, 0.2) is 4.79 Å². The molecular formula is C19H29N3O3S. The molecule has 7 heteroatoms. The molecule has 0 aromatic carbocycles. The Morgan fingerprint density at radius 3 is 2.65 bits per heavy atom. The van der Waals surface area contributed by atoms with Crippen LogP contribution >= 0.6 is 11.8 Å². The molecule has 26 heavy (non-hydrogen) atoms. The van der Waals surface area contributed by atoms with Gasteiger partial charge in [-0.15, -0.1) is 11.8 Å². The summed E-state index contributed by atoms with van der Waals surface area (Å²) in [6.45, 7) is 4.83. The van der Waals surface area contributed by atoms with Crippen LogP contribution in [0.1, 0.15) is 75.6 Å². The standard InChI is InChI=1S/C19H29N3O3S/c1-19(2)10-13(8-9-25-19)22-17-15(18(24)21-22)16(26-11-14(23)20-17)12-6-4-3-5-7-12/h12-13,16H,3-11H2,1-2H3,(H,20,23)(H,21,24)/t13-,16-/m0/s1. The number of anilines is 1. The number of nitrogens with zero attached hydrogens (tertiary/aromatic N) is 1. The number of hydrogen-bond acceptors (Lipinski definition) is 4. The molecule has 1 saturated carbocycles. The van der Waals surface area contributed by atoms with Crippen LogP contribution in [0.4, 0.5) is 5.82 Å². The first-order chi connectivity index (χ1) is 12.4. The number of hydrogen-bond donors (Lipinski definition) is 2. The molecule has 2 aliphatic heterocycles. The second-order valence-electron chi connectivity index (χ2n) is 8.51. The molecule has 1 saturated heterocycles. The molecule has 0 unspecified atom stereocenters. The van der Waals surface area contributed by atoms with Gasteiger partial charge in [0, 0.05) is 11.9 Å². The molecule has 4 rings (SSSR count). The third-order valence-electron chi connectivity index (χ3n) is 6.01. The van der Waals surface area contributed by atoms with Crippen molar-refractivity contribution in [3.63, 3.8) is 0 Å². The van der Waals surface area contributed by atoms with Crippen LogP contribution in [0.25, 0.3) is 0 Å². The summed E-state index contributed by atoms with van der Waals surface area (Å²) < 4.78 is 7.77. The topological polar surface area (TPSA) is 76.1 Å². The number of rotatable bonds is 2. The maximum absolute atomic E-state index is 12.9. The lowest BCUT2D eigenvalue weighted by Crippen LogP contribution is -2.36. The number of thioether (sulfide) groups is 1. The summed E-state index contributed by atoms with van der Waals surface area (Å²) in [5.41, 5.74) is 0.537. The van der Waals surface area contributed by atoms with E-state index in [2.05, 4.69) is 24.3 Å². The van der Waals surface area contributed by atoms with Gasteiger partial charge in [-0.25, -0.2) is 0 Å². The first-order valence-corrected chi connectivity index (χ1v) is 10.9. The lowest BCUT2D eigenvalue weighted by molar-refractivity contribution is -0.113. The number of aromatic nitrogens is 2. The zero-order valence-electron chi connectivity index (χ0n) is 15.7. The Balaban J connectivity index is 1.72. The van der Waals surface area contributed by atoms with Crippen LogP contribution in [0.5, 0.6) is 0 Å². The minimum Gasteiger partial charge on any atom is -0.375 e. The number of H-pyrrole nitrogens is 1. The zero-order valence-corrected chi connectivity index (χ0v) is 16.5. The van der Waals surface area contributed by atoms with Gasteiger partial charge in [0.05, 0.1) is 23.0 Å². The van der Waals surface area contributed by atoms with Crippen molar-refractivity contribution in [1.29, 1.82) is 0 Å². The summed E-state index contributed by atoms with van der Waals surface area (Å²) >= 11 is 1.65. The highest BCUT2D eigenvalue weighted by Gasteiger charge is 2.38. The number of aromatic amines is 1. The minimum absolute atomic E-state index is 0.00590. The predicted molar refractivity (Wildman–Crippen MR) is 104 cm³/mol. The van der Waals surface area contributed by atoms with Crippen LogP contribution in [-0.4, -0.2) is 33.6 Å². The van der Waals surface area contributed by atoms with Gasteiger partial charge in [-0.3, -0.25) is 19.4 Å². The second-order valence-corrected chi connectivity index (χ2v) is 9.64. The molecule has 3 aliphatic rings. The molecule has 144 valence electrons. The molecule has 6 nitrogen and oxygen atoms in total. The highest BCUT2D eigenvalue weighted by atomic mass is 32.2. The minimum atomic E-state index is -0.219. The smallest absolute Gasteiger partial charge is 0.270 e. The molecule has 3 heterocycles. The van der Waals surface area contributed by atoms with Crippen molar-refractivity contribution in [2.45, 2.75) is 75.7 Å². The fourth-order valence-corrected chi connectivity index (χ4v) is 6.11. The van der Waals surface area contributed by atoms with E-state index in [-0.39, 0.29) is 28.4 Å². The van der Waals surface area contributed by atoms with E-state index in [9.17, 15) is 9.59 Å². The molecule has 0 bridgehead atoms. The van der Waals surface area contributed by atoms with E-state index in [1.165, 1.54) is 19.3 Å². The number of amides is 1. The summed E-state index contributed by atoms with van der Waals surface area (Å²) in [6.07, 6.45) is 7.71. The Kier molecular flexibility index (Phi) is 4.94. The van der Waals surface area contributed by atoms with Gasteiger partial charge in [0.25, 0.3) is 5.56 Å². The summed E-state index contributed by atoms with van der Waals surface area (Å²) in [5.74, 6) is 1.62. The first-order valence-electron chi connectivity index (χ1n) is 9.84. The fourth-order valence-electron chi connectivity index (χ4n) is 4.77. The molecule has 2 fully saturated rings. The predicted octanol–water partition coefficient (Wildman–Crippen LogP) is 3.61. The Labute approximate surface area is 158 Å². The fraction of sp³-hybridized carbons (Fsp3) is 0.789. The number of fused-ring (bicyclic) bond motifs is 1. The van der Waals surface area contributed by atoms with E-state index in [0.29, 0.717) is 24.1 Å². The van der Waals surface area contributed by atoms with Crippen molar-refractivity contribution in [2.75, 3.05) is 17.7 Å². The number of ether oxygens (including phenoxy) is 1. The Hall–Kier alpha value is -1.21. The highest BCUT2D eigenvalue weighted by molar-refractivity contribution is 8.00. The third kappa shape index (κ3) is 3.48. The molecule has 0 radical (unpaired) electrons. The summed E-state index contributed by atoms with van der Waals surface area (Å²) in [5, 5.41) is 6.21. The average molecular weight is 380 g/mol. The Bertz CT molecular complexity index is 733. The summed E-state index contributed by atoms with van der Waals surface area (Å²) in [4.78, 5) is 25.3. The Morgan fingerprint density at radius 2 is 1.92 bits per heavy atom. The molecule has 0 spiro atoms. The van der Waals surface area contributed by atoms with Crippen molar-refractivity contribution in [3.8, 4) is 0 Å². The van der Waals surface area contributed by atoms with E-state index in [0.717, 1.165) is 31.2 Å². The lowest BCUT2D eigenvalue weighted by atomic mass is 9.84. The van der Waals surface area contributed by atoms with Crippen LogP contribution in [-0.2, 0) is 9.53 Å². The SMILES string of the molecule is CC1(C)C[C@@H](n2[nH]c(=O)c3c2NC(=O)CS[C@H]3C2CCCCC2)CCO1. The van der Waals surface area contributed by atoms with Gasteiger partial charge in [0.2, 0.25) is 5.91 Å². The van der Waals surface area contributed by atoms with E-state index in [1.807, 2.05) is 4.68 Å². The Morgan fingerprint density at radius 1 is 1.15 bits per heavy atom. The number of carbonyl (C=O) groups excluding carboxylic acids is 1. The maximum Gasteiger partial charge on any atom is 0.270 e. The van der Waals surface area contributed by atoms with Crippen molar-refractivity contribution in [1.82, 2.24) is 9.78 Å². The molecule has 2 N–H and O–H groups in total. The van der Waals surface area contributed by atoms with Crippen molar-refractivity contribution < 1.29 is 9.53 Å². The molecule has 2 atom stereocenters. The van der Waals surface area contributed by atoms with Crippen LogP contribution in [0.2, 0.25) is 0 Å². The van der Waals surface area contributed by atoms with Crippen molar-refractivity contribution >= 4 is 23.5 Å². The van der Waals surface area contributed by atoms with E-state index in [4.69, 9.17) is 4.74 Å². The molecule has 1 amide bonds. The van der Waals surface area contributed by atoms with Crippen LogP contribution in [0.3, 0.4) is 0 Å². The largest absolute Gasteiger partial charge is 0.375 e. The van der Waals surface area contributed by atoms with E-state index in [1.54, 1.807) is 11.8 Å². The van der Waals surface area contributed by atoms with Gasteiger partial charge < -0.3 is 10.1 Å². The van der Waals surface area contributed by atoms with Gasteiger partial charge in [-0.05, 0) is 45.4 Å². The third-order valence-corrected chi connectivity index (χ3v) is 7.42. The van der Waals surface area contributed by atoms with Crippen molar-refractivity contribution in [3.05, 3.63) is 15.9 Å². The van der Waals surface area contributed by atoms with E-state index < -0.39 is 0 Å². The average Bonchev–Trinajstić information content (AvgIpc) is 2.81. The normalized spacial score (nSPS) is 29.7. The van der Waals surface area contributed by atoms with Gasteiger partial charge >= 0.3 is 0 Å². The monoisotopic (exact) mass is 379 g/mol. The second kappa shape index (κ2) is 7.08. The van der Waals surface area contributed by atoms with E-state index >= 15 is 0 Å². The molecule has 1 aromatic heterocycles. The van der Waals surface area contributed by atoms with Gasteiger partial charge in [-0.1, -0.05) is 19.3 Å². The lowest BCUT2D eigenvalue weighted by Gasteiger charge is -2.36. The summed E-state index contributed by atoms with van der Waals surface area (Å²) in [6, 6.07) is 0.144. The molecular weight excluding hydrogens is 350 g/mol. The van der Waals surface area contributed by atoms with Gasteiger partial charge in [-0.2, -0.15) is 0 Å². The first kappa shape index (κ1) is 18.2.